The summed E-state index contributed by atoms with van der Waals surface area (Å²) in [6, 6.07) is 24.6. The average molecular weight is 355 g/mol. The van der Waals surface area contributed by atoms with Crippen LogP contribution in [-0.2, 0) is 6.54 Å². The molecule has 0 saturated heterocycles. The summed E-state index contributed by atoms with van der Waals surface area (Å²) in [6.45, 7) is 0.718. The van der Waals surface area contributed by atoms with Crippen molar-refractivity contribution in [2.24, 2.45) is 0 Å². The van der Waals surface area contributed by atoms with Crippen molar-refractivity contribution in [3.8, 4) is 0 Å². The quantitative estimate of drug-likeness (QED) is 0.548. The summed E-state index contributed by atoms with van der Waals surface area (Å²) in [5.74, 6) is 1.31. The molecule has 0 radical (unpaired) electrons. The van der Waals surface area contributed by atoms with E-state index in [1.807, 2.05) is 54.4 Å². The molecule has 27 heavy (non-hydrogen) atoms. The van der Waals surface area contributed by atoms with Gasteiger partial charge in [0.1, 0.15) is 12.0 Å². The number of benzene rings is 3. The third-order valence-electron chi connectivity index (χ3n) is 4.53. The minimum atomic E-state index is 0.531. The van der Waals surface area contributed by atoms with Gasteiger partial charge >= 0.3 is 0 Å². The summed E-state index contributed by atoms with van der Waals surface area (Å²) < 4.78 is 0. The van der Waals surface area contributed by atoms with Gasteiger partial charge in [-0.3, -0.25) is 0 Å². The average Bonchev–Trinajstić information content (AvgIpc) is 2.70. The largest absolute Gasteiger partial charge is 0.393 e. The highest BCUT2D eigenvalue weighted by atomic mass is 15.2. The molecule has 3 N–H and O–H groups in total. The molecule has 0 amide bonds. The molecule has 0 unspecified atom stereocenters. The van der Waals surface area contributed by atoms with Crippen molar-refractivity contribution in [2.45, 2.75) is 6.54 Å². The van der Waals surface area contributed by atoms with Crippen molar-refractivity contribution in [1.29, 1.82) is 0 Å². The Morgan fingerprint density at radius 2 is 1.63 bits per heavy atom. The van der Waals surface area contributed by atoms with Gasteiger partial charge in [0.2, 0.25) is 0 Å². The van der Waals surface area contributed by atoms with Gasteiger partial charge in [0, 0.05) is 24.7 Å². The Morgan fingerprint density at radius 3 is 2.48 bits per heavy atom. The van der Waals surface area contributed by atoms with Crippen LogP contribution >= 0.6 is 0 Å². The normalized spacial score (nSPS) is 10.7. The molecule has 5 heteroatoms. The summed E-state index contributed by atoms with van der Waals surface area (Å²) in [6.07, 6.45) is 1.54. The molecule has 0 aliphatic heterocycles. The van der Waals surface area contributed by atoms with Crippen molar-refractivity contribution in [1.82, 2.24) is 9.97 Å². The van der Waals surface area contributed by atoms with E-state index in [2.05, 4.69) is 45.6 Å². The Labute approximate surface area is 158 Å². The van der Waals surface area contributed by atoms with Crippen LogP contribution < -0.4 is 16.0 Å². The lowest BCUT2D eigenvalue weighted by atomic mass is 10.1. The van der Waals surface area contributed by atoms with Gasteiger partial charge in [-0.25, -0.2) is 9.97 Å². The van der Waals surface area contributed by atoms with E-state index >= 15 is 0 Å². The van der Waals surface area contributed by atoms with Crippen molar-refractivity contribution in [2.75, 3.05) is 23.0 Å². The lowest BCUT2D eigenvalue weighted by molar-refractivity contribution is 0.894. The fourth-order valence-electron chi connectivity index (χ4n) is 3.18. The highest BCUT2D eigenvalue weighted by molar-refractivity contribution is 5.96. The van der Waals surface area contributed by atoms with Crippen molar-refractivity contribution < 1.29 is 0 Å². The minimum Gasteiger partial charge on any atom is -0.393 e. The van der Waals surface area contributed by atoms with Crippen LogP contribution in [0.5, 0.6) is 0 Å². The van der Waals surface area contributed by atoms with Crippen LogP contribution in [0.25, 0.3) is 10.8 Å². The standard InChI is InChI=1S/C22H21N5/c1-27(14-16-8-3-2-4-9-16)22-20(23)21(24-15-25-22)26-19-13-7-11-17-10-5-6-12-18(17)19/h2-13,15H,14,23H2,1H3,(H,24,25,26). The van der Waals surface area contributed by atoms with Gasteiger partial charge in [-0.2, -0.15) is 0 Å². The second-order valence-corrected chi connectivity index (χ2v) is 6.45. The van der Waals surface area contributed by atoms with Crippen LogP contribution in [-0.4, -0.2) is 17.0 Å². The molecule has 1 aromatic heterocycles. The topological polar surface area (TPSA) is 67.1 Å². The molecule has 0 saturated carbocycles. The van der Waals surface area contributed by atoms with Crippen LogP contribution in [0.2, 0.25) is 0 Å². The number of hydrogen-bond donors (Lipinski definition) is 2. The molecule has 134 valence electrons. The predicted octanol–water partition coefficient (Wildman–Crippen LogP) is 4.59. The highest BCUT2D eigenvalue weighted by Crippen LogP contribution is 2.31. The van der Waals surface area contributed by atoms with E-state index < -0.39 is 0 Å². The Balaban J connectivity index is 1.64. The van der Waals surface area contributed by atoms with E-state index in [0.717, 1.165) is 23.0 Å². The highest BCUT2D eigenvalue weighted by Gasteiger charge is 2.13. The number of nitrogens with zero attached hydrogens (tertiary/aromatic N) is 3. The predicted molar refractivity (Wildman–Crippen MR) is 112 cm³/mol. The molecule has 0 aliphatic carbocycles. The third kappa shape index (κ3) is 3.53. The molecule has 0 aliphatic rings. The van der Waals surface area contributed by atoms with Gasteiger partial charge in [0.15, 0.2) is 11.6 Å². The summed E-state index contributed by atoms with van der Waals surface area (Å²) in [4.78, 5) is 10.8. The molecule has 4 aromatic rings. The zero-order valence-electron chi connectivity index (χ0n) is 15.1. The van der Waals surface area contributed by atoms with E-state index in [-0.39, 0.29) is 0 Å². The molecule has 3 aromatic carbocycles. The maximum Gasteiger partial charge on any atom is 0.159 e. The lowest BCUT2D eigenvalue weighted by Gasteiger charge is -2.21. The van der Waals surface area contributed by atoms with Gasteiger partial charge < -0.3 is 16.0 Å². The molecule has 0 spiro atoms. The summed E-state index contributed by atoms with van der Waals surface area (Å²) in [7, 11) is 1.98. The van der Waals surface area contributed by atoms with Crippen molar-refractivity contribution in [3.05, 3.63) is 84.7 Å². The van der Waals surface area contributed by atoms with Gasteiger partial charge in [-0.05, 0) is 17.0 Å². The van der Waals surface area contributed by atoms with Crippen LogP contribution in [0, 0.1) is 0 Å². The zero-order valence-corrected chi connectivity index (χ0v) is 15.1. The van der Waals surface area contributed by atoms with Gasteiger partial charge in [0.05, 0.1) is 0 Å². The zero-order chi connectivity index (χ0) is 18.6. The van der Waals surface area contributed by atoms with E-state index in [1.54, 1.807) is 6.33 Å². The van der Waals surface area contributed by atoms with Gasteiger partial charge in [0.25, 0.3) is 0 Å². The van der Waals surface area contributed by atoms with Crippen LogP contribution in [0.1, 0.15) is 5.56 Å². The number of nitrogens with one attached hydrogen (secondary N) is 1. The second-order valence-electron chi connectivity index (χ2n) is 6.45. The molecule has 1 heterocycles. The first-order valence-electron chi connectivity index (χ1n) is 8.82. The third-order valence-corrected chi connectivity index (χ3v) is 4.53. The van der Waals surface area contributed by atoms with E-state index in [4.69, 9.17) is 5.73 Å². The first kappa shape index (κ1) is 16.8. The van der Waals surface area contributed by atoms with E-state index in [0.29, 0.717) is 17.3 Å². The molecule has 4 rings (SSSR count). The SMILES string of the molecule is CN(Cc1ccccc1)c1ncnc(Nc2cccc3ccccc23)c1N. The molecular weight excluding hydrogens is 334 g/mol. The Morgan fingerprint density at radius 1 is 0.889 bits per heavy atom. The molecule has 0 fully saturated rings. The van der Waals surface area contributed by atoms with E-state index in [1.165, 1.54) is 5.56 Å². The fraction of sp³-hybridized carbons (Fsp3) is 0.0909. The maximum absolute atomic E-state index is 6.40. The molecular formula is C22H21N5. The number of rotatable bonds is 5. The minimum absolute atomic E-state index is 0.531. The Hall–Kier alpha value is -3.60. The van der Waals surface area contributed by atoms with Gasteiger partial charge in [-0.15, -0.1) is 0 Å². The number of hydrogen-bond acceptors (Lipinski definition) is 5. The number of nitrogens with two attached hydrogens (primary N) is 1. The van der Waals surface area contributed by atoms with Crippen LogP contribution in [0.4, 0.5) is 23.0 Å². The number of nitrogen functional groups attached to an aromatic ring is 1. The number of aromatic nitrogens is 2. The molecule has 5 nitrogen and oxygen atoms in total. The summed E-state index contributed by atoms with van der Waals surface area (Å²) in [5.41, 5.74) is 9.10. The first-order valence-corrected chi connectivity index (χ1v) is 8.82. The molecule has 0 bridgehead atoms. The lowest BCUT2D eigenvalue weighted by Crippen LogP contribution is -2.20. The summed E-state index contributed by atoms with van der Waals surface area (Å²) >= 11 is 0. The smallest absolute Gasteiger partial charge is 0.159 e. The van der Waals surface area contributed by atoms with Crippen LogP contribution in [0.15, 0.2) is 79.1 Å². The first-order chi connectivity index (χ1) is 13.2. The second kappa shape index (κ2) is 7.33. The Bertz CT molecular complexity index is 1060. The van der Waals surface area contributed by atoms with Crippen LogP contribution in [0.3, 0.4) is 0 Å². The van der Waals surface area contributed by atoms with E-state index in [9.17, 15) is 0 Å². The fourth-order valence-corrected chi connectivity index (χ4v) is 3.18. The molecule has 0 atom stereocenters. The van der Waals surface area contributed by atoms with Crippen molar-refractivity contribution in [3.63, 3.8) is 0 Å². The Kier molecular flexibility index (Phi) is 4.58. The number of fused-ring (bicyclic) bond motifs is 1. The van der Waals surface area contributed by atoms with Gasteiger partial charge in [-0.1, -0.05) is 66.7 Å². The van der Waals surface area contributed by atoms with Crippen molar-refractivity contribution >= 4 is 33.8 Å². The maximum atomic E-state index is 6.40. The monoisotopic (exact) mass is 355 g/mol. The number of anilines is 4. The summed E-state index contributed by atoms with van der Waals surface area (Å²) in [5, 5.41) is 5.66.